The van der Waals surface area contributed by atoms with Crippen LogP contribution in [0.2, 0.25) is 10.0 Å². The van der Waals surface area contributed by atoms with Crippen molar-refractivity contribution in [1.82, 2.24) is 10.6 Å². The standard InChI is InChI=1S/C11H9Cl2N3O3/c12-6-1-2-8(13)10(3-6)18-5-7-4-9(16-19-7)11(17)15-14/h1-4H,5,14H2,(H,15,17). The van der Waals surface area contributed by atoms with Gasteiger partial charge in [-0.25, -0.2) is 5.84 Å². The Morgan fingerprint density at radius 2 is 2.21 bits per heavy atom. The first-order chi connectivity index (χ1) is 9.10. The third-order valence-corrected chi connectivity index (χ3v) is 2.73. The number of halogens is 2. The van der Waals surface area contributed by atoms with Gasteiger partial charge >= 0.3 is 0 Å². The summed E-state index contributed by atoms with van der Waals surface area (Å²) in [4.78, 5) is 11.2. The lowest BCUT2D eigenvalue weighted by Gasteiger charge is -2.05. The molecule has 0 radical (unpaired) electrons. The van der Waals surface area contributed by atoms with E-state index in [4.69, 9.17) is 38.3 Å². The Morgan fingerprint density at radius 1 is 1.42 bits per heavy atom. The zero-order chi connectivity index (χ0) is 13.8. The van der Waals surface area contributed by atoms with Crippen molar-refractivity contribution in [3.8, 4) is 5.75 Å². The number of hydrazine groups is 1. The van der Waals surface area contributed by atoms with Crippen molar-refractivity contribution >= 4 is 29.1 Å². The minimum atomic E-state index is -0.546. The SMILES string of the molecule is NNC(=O)c1cc(COc2cc(Cl)ccc2Cl)on1. The Hall–Kier alpha value is -1.76. The highest BCUT2D eigenvalue weighted by atomic mass is 35.5. The van der Waals surface area contributed by atoms with Gasteiger partial charge in [0.2, 0.25) is 0 Å². The van der Waals surface area contributed by atoms with Gasteiger partial charge < -0.3 is 9.26 Å². The number of aromatic nitrogens is 1. The second-order valence-corrected chi connectivity index (χ2v) is 4.36. The van der Waals surface area contributed by atoms with Gasteiger partial charge in [0.1, 0.15) is 12.4 Å². The fraction of sp³-hybridized carbons (Fsp3) is 0.0909. The van der Waals surface area contributed by atoms with Gasteiger partial charge in [0.05, 0.1) is 5.02 Å². The largest absolute Gasteiger partial charge is 0.484 e. The van der Waals surface area contributed by atoms with Gasteiger partial charge in [0, 0.05) is 17.2 Å². The van der Waals surface area contributed by atoms with Crippen LogP contribution in [0.25, 0.3) is 0 Å². The maximum atomic E-state index is 11.2. The molecule has 0 unspecified atom stereocenters. The van der Waals surface area contributed by atoms with Crippen LogP contribution in [0.3, 0.4) is 0 Å². The Balaban J connectivity index is 2.04. The van der Waals surface area contributed by atoms with Gasteiger partial charge in [0.15, 0.2) is 11.5 Å². The quantitative estimate of drug-likeness (QED) is 0.513. The summed E-state index contributed by atoms with van der Waals surface area (Å²) in [5, 5.41) is 4.45. The van der Waals surface area contributed by atoms with Crippen molar-refractivity contribution in [3.05, 3.63) is 45.8 Å². The van der Waals surface area contributed by atoms with Crippen LogP contribution in [0, 0.1) is 0 Å². The monoisotopic (exact) mass is 301 g/mol. The summed E-state index contributed by atoms with van der Waals surface area (Å²) in [7, 11) is 0. The molecule has 0 spiro atoms. The molecule has 19 heavy (non-hydrogen) atoms. The molecule has 0 atom stereocenters. The summed E-state index contributed by atoms with van der Waals surface area (Å²) >= 11 is 11.8. The van der Waals surface area contributed by atoms with Gasteiger partial charge in [-0.1, -0.05) is 28.4 Å². The second-order valence-electron chi connectivity index (χ2n) is 3.52. The highest BCUT2D eigenvalue weighted by Crippen LogP contribution is 2.28. The molecule has 0 aliphatic carbocycles. The van der Waals surface area contributed by atoms with E-state index < -0.39 is 5.91 Å². The van der Waals surface area contributed by atoms with E-state index in [2.05, 4.69) is 5.16 Å². The number of nitrogens with two attached hydrogens (primary N) is 1. The molecule has 1 aromatic heterocycles. The van der Waals surface area contributed by atoms with Crippen LogP contribution < -0.4 is 16.0 Å². The van der Waals surface area contributed by atoms with Crippen molar-refractivity contribution in [3.63, 3.8) is 0 Å². The molecule has 0 aliphatic rings. The van der Waals surface area contributed by atoms with Gasteiger partial charge in [-0.3, -0.25) is 10.2 Å². The first kappa shape index (κ1) is 13.7. The van der Waals surface area contributed by atoms with E-state index in [9.17, 15) is 4.79 Å². The van der Waals surface area contributed by atoms with Crippen LogP contribution >= 0.6 is 23.2 Å². The number of hydrogen-bond acceptors (Lipinski definition) is 5. The lowest BCUT2D eigenvalue weighted by atomic mass is 10.3. The summed E-state index contributed by atoms with van der Waals surface area (Å²) in [6.45, 7) is 0.0604. The molecule has 1 amide bonds. The van der Waals surface area contributed by atoms with Gasteiger partial charge in [-0.05, 0) is 12.1 Å². The first-order valence-corrected chi connectivity index (χ1v) is 5.90. The van der Waals surface area contributed by atoms with Gasteiger partial charge in [0.25, 0.3) is 5.91 Å². The highest BCUT2D eigenvalue weighted by molar-refractivity contribution is 6.34. The first-order valence-electron chi connectivity index (χ1n) is 5.14. The number of ether oxygens (including phenoxy) is 1. The number of benzene rings is 1. The Kier molecular flexibility index (Phi) is 4.26. The minimum absolute atomic E-state index is 0.0604. The number of carbonyl (C=O) groups excluding carboxylic acids is 1. The fourth-order valence-electron chi connectivity index (χ4n) is 1.30. The van der Waals surface area contributed by atoms with E-state index in [1.54, 1.807) is 18.2 Å². The molecule has 0 aliphatic heterocycles. The molecular weight excluding hydrogens is 293 g/mol. The lowest BCUT2D eigenvalue weighted by Crippen LogP contribution is -2.30. The number of nitrogens with one attached hydrogen (secondary N) is 1. The maximum absolute atomic E-state index is 11.2. The molecule has 2 aromatic rings. The van der Waals surface area contributed by atoms with Crippen molar-refractivity contribution in [1.29, 1.82) is 0 Å². The molecule has 0 saturated carbocycles. The van der Waals surface area contributed by atoms with Crippen LogP contribution in [-0.4, -0.2) is 11.1 Å². The van der Waals surface area contributed by atoms with Crippen LogP contribution in [0.5, 0.6) is 5.75 Å². The number of amides is 1. The van der Waals surface area contributed by atoms with E-state index >= 15 is 0 Å². The fourth-order valence-corrected chi connectivity index (χ4v) is 1.63. The van der Waals surface area contributed by atoms with Crippen LogP contribution in [0.1, 0.15) is 16.2 Å². The van der Waals surface area contributed by atoms with Gasteiger partial charge in [-0.15, -0.1) is 0 Å². The topological polar surface area (TPSA) is 90.4 Å². The molecule has 3 N–H and O–H groups in total. The Morgan fingerprint density at radius 3 is 2.95 bits per heavy atom. The second kappa shape index (κ2) is 5.92. The summed E-state index contributed by atoms with van der Waals surface area (Å²) in [6, 6.07) is 6.26. The molecule has 1 aromatic carbocycles. The maximum Gasteiger partial charge on any atom is 0.287 e. The average molecular weight is 302 g/mol. The number of rotatable bonds is 4. The molecule has 100 valence electrons. The smallest absolute Gasteiger partial charge is 0.287 e. The minimum Gasteiger partial charge on any atom is -0.484 e. The van der Waals surface area contributed by atoms with E-state index in [0.29, 0.717) is 21.6 Å². The zero-order valence-corrected chi connectivity index (χ0v) is 11.0. The van der Waals surface area contributed by atoms with Crippen LogP contribution in [-0.2, 0) is 6.61 Å². The summed E-state index contributed by atoms with van der Waals surface area (Å²) in [5.41, 5.74) is 2.01. The third-order valence-electron chi connectivity index (χ3n) is 2.19. The van der Waals surface area contributed by atoms with E-state index in [0.717, 1.165) is 0 Å². The summed E-state index contributed by atoms with van der Waals surface area (Å²) in [6.07, 6.45) is 0. The number of nitrogen functional groups attached to an aromatic ring is 1. The van der Waals surface area contributed by atoms with E-state index in [-0.39, 0.29) is 12.3 Å². The van der Waals surface area contributed by atoms with Gasteiger partial charge in [-0.2, -0.15) is 0 Å². The Labute approximate surface area is 118 Å². The van der Waals surface area contributed by atoms with Crippen molar-refractivity contribution < 1.29 is 14.1 Å². The average Bonchev–Trinajstić information content (AvgIpc) is 2.88. The number of nitrogens with zero attached hydrogens (tertiary/aromatic N) is 1. The molecule has 6 nitrogen and oxygen atoms in total. The number of hydrogen-bond donors (Lipinski definition) is 2. The lowest BCUT2D eigenvalue weighted by molar-refractivity contribution is 0.0944. The predicted molar refractivity (Wildman–Crippen MR) is 69.0 cm³/mol. The summed E-state index contributed by atoms with van der Waals surface area (Å²) < 4.78 is 10.3. The van der Waals surface area contributed by atoms with Crippen molar-refractivity contribution in [2.24, 2.45) is 5.84 Å². The van der Waals surface area contributed by atoms with Crippen molar-refractivity contribution in [2.45, 2.75) is 6.61 Å². The molecule has 1 heterocycles. The van der Waals surface area contributed by atoms with Crippen LogP contribution in [0.15, 0.2) is 28.8 Å². The molecule has 0 fully saturated rings. The normalized spacial score (nSPS) is 10.3. The van der Waals surface area contributed by atoms with E-state index in [1.165, 1.54) is 6.07 Å². The van der Waals surface area contributed by atoms with Crippen LogP contribution in [0.4, 0.5) is 0 Å². The predicted octanol–water partition coefficient (Wildman–Crippen LogP) is 2.16. The molecule has 2 rings (SSSR count). The van der Waals surface area contributed by atoms with E-state index in [1.807, 2.05) is 5.43 Å². The van der Waals surface area contributed by atoms with Crippen molar-refractivity contribution in [2.75, 3.05) is 0 Å². The highest BCUT2D eigenvalue weighted by Gasteiger charge is 2.12. The molecule has 0 bridgehead atoms. The summed E-state index contributed by atoms with van der Waals surface area (Å²) in [5.74, 6) is 5.19. The Bertz CT molecular complexity index is 601. The zero-order valence-electron chi connectivity index (χ0n) is 9.52. The number of carbonyl (C=O) groups is 1. The third kappa shape index (κ3) is 3.37. The molecule has 0 saturated heterocycles. The molecule has 8 heteroatoms. The molecular formula is C11H9Cl2N3O3.